The molecule has 0 saturated heterocycles. The smallest absolute Gasteiger partial charge is 0.261 e. The molecule has 1 aliphatic heterocycles. The van der Waals surface area contributed by atoms with Gasteiger partial charge in [0.25, 0.3) is 10.0 Å². The highest BCUT2D eigenvalue weighted by atomic mass is 32.2. The van der Waals surface area contributed by atoms with Crippen LogP contribution in [0, 0.1) is 5.82 Å². The molecule has 7 nitrogen and oxygen atoms in total. The monoisotopic (exact) mass is 602 g/mol. The van der Waals surface area contributed by atoms with Gasteiger partial charge in [-0.25, -0.2) is 12.8 Å². The van der Waals surface area contributed by atoms with Crippen molar-refractivity contribution in [3.8, 4) is 11.5 Å². The first-order chi connectivity index (χ1) is 20.5. The maximum absolute atomic E-state index is 14.8. The number of rotatable bonds is 10. The van der Waals surface area contributed by atoms with Gasteiger partial charge in [-0.1, -0.05) is 69.3 Å². The Morgan fingerprint density at radius 1 is 0.837 bits per heavy atom. The Morgan fingerprint density at radius 2 is 1.51 bits per heavy atom. The zero-order chi connectivity index (χ0) is 30.6. The van der Waals surface area contributed by atoms with E-state index in [9.17, 15) is 17.6 Å². The summed E-state index contributed by atoms with van der Waals surface area (Å²) in [4.78, 5) is 14.8. The van der Waals surface area contributed by atoms with Gasteiger partial charge in [0.15, 0.2) is 5.82 Å². The Labute approximate surface area is 252 Å². The number of hydrogen-bond acceptors (Lipinski definition) is 5. The molecule has 0 radical (unpaired) electrons. The van der Waals surface area contributed by atoms with E-state index in [0.29, 0.717) is 18.8 Å². The molecule has 0 aromatic heterocycles. The van der Waals surface area contributed by atoms with Crippen molar-refractivity contribution in [2.45, 2.75) is 50.6 Å². The number of anilines is 1. The second-order valence-electron chi connectivity index (χ2n) is 11.6. The standard InChI is InChI=1S/C34H35FN2O5S/c1-34(2,3)27-12-9-24(10-13-27)19-33(38)37-22-25-11-15-30(20-26(25)23-37)43(39,40)36-32-16-14-29(21-31(32)35)42-18-17-41-28-7-5-4-6-8-28/h4-16,20-21,36H,17-19,22-23H2,1-3H3. The van der Waals surface area contributed by atoms with Gasteiger partial charge in [0.05, 0.1) is 17.0 Å². The molecule has 9 heteroatoms. The van der Waals surface area contributed by atoms with E-state index in [0.717, 1.165) is 22.8 Å². The Bertz CT molecular complexity index is 1700. The molecule has 1 N–H and O–H groups in total. The maximum Gasteiger partial charge on any atom is 0.261 e. The summed E-state index contributed by atoms with van der Waals surface area (Å²) in [5.41, 5.74) is 3.62. The van der Waals surface area contributed by atoms with Gasteiger partial charge >= 0.3 is 0 Å². The predicted molar refractivity (Wildman–Crippen MR) is 164 cm³/mol. The van der Waals surface area contributed by atoms with Gasteiger partial charge in [0.2, 0.25) is 5.91 Å². The van der Waals surface area contributed by atoms with E-state index in [2.05, 4.69) is 37.6 Å². The lowest BCUT2D eigenvalue weighted by Crippen LogP contribution is -2.26. The maximum atomic E-state index is 14.8. The number of halogens is 1. The molecule has 0 atom stereocenters. The SMILES string of the molecule is CC(C)(C)c1ccc(CC(=O)N2Cc3ccc(S(=O)(=O)Nc4ccc(OCCOc5ccccc5)cc4F)cc3C2)cc1. The van der Waals surface area contributed by atoms with Crippen LogP contribution in [0.25, 0.3) is 0 Å². The van der Waals surface area contributed by atoms with E-state index >= 15 is 0 Å². The summed E-state index contributed by atoms with van der Waals surface area (Å²) < 4.78 is 54.5. The quantitative estimate of drug-likeness (QED) is 0.211. The fourth-order valence-corrected chi connectivity index (χ4v) is 5.95. The van der Waals surface area contributed by atoms with Crippen molar-refractivity contribution in [3.05, 3.63) is 119 Å². The number of benzene rings is 4. The fraction of sp³-hybridized carbons (Fsp3) is 0.265. The number of nitrogens with zero attached hydrogens (tertiary/aromatic N) is 1. The zero-order valence-corrected chi connectivity index (χ0v) is 25.3. The molecular weight excluding hydrogens is 567 g/mol. The highest BCUT2D eigenvalue weighted by molar-refractivity contribution is 7.92. The van der Waals surface area contributed by atoms with Gasteiger partial charge in [-0.15, -0.1) is 0 Å². The summed E-state index contributed by atoms with van der Waals surface area (Å²) in [6.07, 6.45) is 0.268. The third kappa shape index (κ3) is 7.53. The molecule has 0 spiro atoms. The second-order valence-corrected chi connectivity index (χ2v) is 13.2. The van der Waals surface area contributed by atoms with Gasteiger partial charge in [-0.3, -0.25) is 9.52 Å². The number of para-hydroxylation sites is 1. The largest absolute Gasteiger partial charge is 0.490 e. The van der Waals surface area contributed by atoms with Gasteiger partial charge in [0, 0.05) is 19.2 Å². The average Bonchev–Trinajstić information content (AvgIpc) is 3.41. The molecule has 0 aliphatic carbocycles. The number of amides is 1. The van der Waals surface area contributed by atoms with E-state index in [1.54, 1.807) is 17.0 Å². The van der Waals surface area contributed by atoms with Crippen molar-refractivity contribution >= 4 is 21.6 Å². The molecule has 1 aliphatic rings. The predicted octanol–water partition coefficient (Wildman–Crippen LogP) is 6.47. The summed E-state index contributed by atoms with van der Waals surface area (Å²) in [5.74, 6) is 0.163. The third-order valence-corrected chi connectivity index (χ3v) is 8.65. The molecule has 0 fully saturated rings. The van der Waals surface area contributed by atoms with E-state index in [-0.39, 0.29) is 47.3 Å². The minimum Gasteiger partial charge on any atom is -0.490 e. The topological polar surface area (TPSA) is 84.9 Å². The van der Waals surface area contributed by atoms with Crippen molar-refractivity contribution in [2.24, 2.45) is 0 Å². The van der Waals surface area contributed by atoms with Crippen LogP contribution in [-0.2, 0) is 39.7 Å². The number of hydrogen-bond donors (Lipinski definition) is 1. The van der Waals surface area contributed by atoms with E-state index in [1.807, 2.05) is 42.5 Å². The van der Waals surface area contributed by atoms with Crippen LogP contribution in [0.5, 0.6) is 11.5 Å². The highest BCUT2D eigenvalue weighted by Gasteiger charge is 2.26. The van der Waals surface area contributed by atoms with Gasteiger partial charge in [-0.2, -0.15) is 0 Å². The number of fused-ring (bicyclic) bond motifs is 1. The molecule has 43 heavy (non-hydrogen) atoms. The minimum absolute atomic E-state index is 0.00361. The summed E-state index contributed by atoms with van der Waals surface area (Å²) in [6, 6.07) is 26.0. The van der Waals surface area contributed by atoms with Crippen molar-refractivity contribution in [1.29, 1.82) is 0 Å². The number of carbonyl (C=O) groups is 1. The van der Waals surface area contributed by atoms with Crippen LogP contribution in [0.4, 0.5) is 10.1 Å². The Hall–Kier alpha value is -4.37. The van der Waals surface area contributed by atoms with Crippen LogP contribution in [0.3, 0.4) is 0 Å². The van der Waals surface area contributed by atoms with Crippen LogP contribution < -0.4 is 14.2 Å². The Morgan fingerprint density at radius 3 is 2.19 bits per heavy atom. The summed E-state index contributed by atoms with van der Waals surface area (Å²) >= 11 is 0. The lowest BCUT2D eigenvalue weighted by atomic mass is 9.86. The molecule has 0 bridgehead atoms. The first-order valence-electron chi connectivity index (χ1n) is 14.1. The molecule has 1 heterocycles. The third-order valence-electron chi connectivity index (χ3n) is 7.29. The number of ether oxygens (including phenoxy) is 2. The molecule has 5 rings (SSSR count). The van der Waals surface area contributed by atoms with E-state index < -0.39 is 15.8 Å². The normalized spacial score (nSPS) is 13.0. The van der Waals surface area contributed by atoms with Gasteiger partial charge < -0.3 is 14.4 Å². The fourth-order valence-electron chi connectivity index (χ4n) is 4.83. The van der Waals surface area contributed by atoms with Crippen LogP contribution >= 0.6 is 0 Å². The van der Waals surface area contributed by atoms with Gasteiger partial charge in [0.1, 0.15) is 24.7 Å². The lowest BCUT2D eigenvalue weighted by molar-refractivity contribution is -0.131. The molecule has 1 amide bonds. The van der Waals surface area contributed by atoms with Crippen LogP contribution in [0.2, 0.25) is 0 Å². The zero-order valence-electron chi connectivity index (χ0n) is 24.5. The molecule has 0 unspecified atom stereocenters. The summed E-state index contributed by atoms with van der Waals surface area (Å²) in [7, 11) is -4.08. The van der Waals surface area contributed by atoms with Crippen molar-refractivity contribution in [3.63, 3.8) is 0 Å². The van der Waals surface area contributed by atoms with E-state index in [1.165, 1.54) is 23.8 Å². The van der Waals surface area contributed by atoms with Crippen molar-refractivity contribution < 1.29 is 27.1 Å². The lowest BCUT2D eigenvalue weighted by Gasteiger charge is -2.19. The van der Waals surface area contributed by atoms with Crippen molar-refractivity contribution in [2.75, 3.05) is 17.9 Å². The highest BCUT2D eigenvalue weighted by Crippen LogP contribution is 2.29. The molecule has 224 valence electrons. The van der Waals surface area contributed by atoms with Crippen LogP contribution in [0.15, 0.2) is 95.9 Å². The second kappa shape index (κ2) is 12.5. The van der Waals surface area contributed by atoms with Gasteiger partial charge in [-0.05, 0) is 64.1 Å². The minimum atomic E-state index is -4.08. The number of nitrogens with one attached hydrogen (secondary N) is 1. The molecule has 0 saturated carbocycles. The van der Waals surface area contributed by atoms with Crippen molar-refractivity contribution in [1.82, 2.24) is 4.90 Å². The summed E-state index contributed by atoms with van der Waals surface area (Å²) in [6.45, 7) is 7.62. The van der Waals surface area contributed by atoms with Crippen LogP contribution in [-0.4, -0.2) is 32.4 Å². The molecule has 4 aromatic rings. The Balaban J connectivity index is 1.17. The Kier molecular flexibility index (Phi) is 8.73. The first-order valence-corrected chi connectivity index (χ1v) is 15.6. The van der Waals surface area contributed by atoms with Crippen LogP contribution in [0.1, 0.15) is 43.0 Å². The number of sulfonamides is 1. The number of carbonyl (C=O) groups excluding carboxylic acids is 1. The summed E-state index contributed by atoms with van der Waals surface area (Å²) in [5, 5.41) is 0. The molecule has 4 aromatic carbocycles. The first kappa shape index (κ1) is 30.1. The average molecular weight is 603 g/mol. The molecular formula is C34H35FN2O5S. The van der Waals surface area contributed by atoms with E-state index in [4.69, 9.17) is 9.47 Å².